The molecule has 2 aromatic carbocycles. The van der Waals surface area contributed by atoms with Crippen LogP contribution in [0.1, 0.15) is 71.5 Å². The van der Waals surface area contributed by atoms with E-state index in [1.54, 1.807) is 59.0 Å². The molecule has 0 spiro atoms. The first kappa shape index (κ1) is 42.4. The average molecular weight is 757 g/mol. The number of primary amides is 2. The van der Waals surface area contributed by atoms with E-state index in [1.165, 1.54) is 24.3 Å². The summed E-state index contributed by atoms with van der Waals surface area (Å²) in [6, 6.07) is 7.13. The van der Waals surface area contributed by atoms with Crippen LogP contribution in [0.15, 0.2) is 59.2 Å². The molecule has 5 rings (SSSR count). The molecule has 0 aliphatic heterocycles. The molecule has 5 aromatic rings. The number of imidazole rings is 2. The molecule has 0 fully saturated rings. The lowest BCUT2D eigenvalue weighted by molar-refractivity contribution is -0.102. The van der Waals surface area contributed by atoms with E-state index in [2.05, 4.69) is 30.7 Å². The lowest BCUT2D eigenvalue weighted by Crippen LogP contribution is -2.19. The zero-order valence-electron chi connectivity index (χ0n) is 31.9. The molecule has 18 nitrogen and oxygen atoms in total. The summed E-state index contributed by atoms with van der Waals surface area (Å²) in [6.45, 7) is 12.7. The van der Waals surface area contributed by atoms with Crippen LogP contribution in [-0.2, 0) is 24.4 Å². The zero-order chi connectivity index (χ0) is 41.0. The second-order valence-corrected chi connectivity index (χ2v) is 11.6. The third kappa shape index (κ3) is 10.1. The number of carbonyl (C=O) groups is 4. The van der Waals surface area contributed by atoms with Crippen molar-refractivity contribution >= 4 is 63.7 Å². The van der Waals surface area contributed by atoms with Crippen molar-refractivity contribution in [2.45, 2.75) is 61.2 Å². The molecule has 0 bridgehead atoms. The van der Waals surface area contributed by atoms with Gasteiger partial charge in [0.05, 0.1) is 22.4 Å². The lowest BCUT2D eigenvalue weighted by atomic mass is 10.1. The largest absolute Gasteiger partial charge is 0.506 e. The van der Waals surface area contributed by atoms with Gasteiger partial charge in [-0.1, -0.05) is 26.0 Å². The third-order valence-electron chi connectivity index (χ3n) is 7.68. The van der Waals surface area contributed by atoms with Crippen LogP contribution in [0.4, 0.5) is 11.9 Å². The number of aromatic hydroxyl groups is 2. The highest BCUT2D eigenvalue weighted by Gasteiger charge is 2.21. The lowest BCUT2D eigenvalue weighted by Gasteiger charge is -2.10. The summed E-state index contributed by atoms with van der Waals surface area (Å²) < 4.78 is 4.87. The second kappa shape index (κ2) is 19.2. The highest BCUT2D eigenvalue weighted by atomic mass is 16.3. The number of nitrogens with two attached hydrogens (primary N) is 3. The first-order valence-electron chi connectivity index (χ1n) is 17.4. The van der Waals surface area contributed by atoms with Crippen LogP contribution in [0.25, 0.3) is 22.1 Å². The first-order chi connectivity index (χ1) is 26.2. The monoisotopic (exact) mass is 756 g/mol. The fourth-order valence-electron chi connectivity index (χ4n) is 5.45. The number of phenols is 2. The van der Waals surface area contributed by atoms with Gasteiger partial charge in [0.25, 0.3) is 5.91 Å². The van der Waals surface area contributed by atoms with Gasteiger partial charge in [0.1, 0.15) is 28.2 Å². The van der Waals surface area contributed by atoms with Crippen molar-refractivity contribution in [2.24, 2.45) is 22.2 Å². The van der Waals surface area contributed by atoms with E-state index < -0.39 is 17.7 Å². The molecule has 292 valence electrons. The number of aromatic nitrogens is 6. The Bertz CT molecular complexity index is 2290. The molecular weight excluding hydrogens is 708 g/mol. The van der Waals surface area contributed by atoms with E-state index in [-0.39, 0.29) is 52.7 Å². The molecule has 0 saturated carbocycles. The number of amides is 3. The molecule has 55 heavy (non-hydrogen) atoms. The SMILES string of the molecule is CC.CCN=C(C=O)/C=C(/C)N.CCn1nc(C)cc1C(=O)Nc1nc2cc(C(N)=O)cc(O)c2n1C/C=C/Cn1c(NC)nc2cc(C(N)=O)cc(O)c21. The van der Waals surface area contributed by atoms with Gasteiger partial charge in [-0.05, 0) is 64.1 Å². The maximum absolute atomic E-state index is 13.2. The molecule has 0 atom stereocenters. The van der Waals surface area contributed by atoms with E-state index in [4.69, 9.17) is 17.2 Å². The maximum Gasteiger partial charge on any atom is 0.276 e. The molecular formula is C37H48N12O6. The molecule has 0 aliphatic carbocycles. The maximum atomic E-state index is 13.2. The number of nitrogens with zero attached hydrogens (tertiary/aromatic N) is 7. The Morgan fingerprint density at radius 2 is 1.36 bits per heavy atom. The van der Waals surface area contributed by atoms with E-state index in [0.717, 1.165) is 0 Å². The first-order valence-corrected chi connectivity index (χ1v) is 17.4. The fourth-order valence-corrected chi connectivity index (χ4v) is 5.45. The van der Waals surface area contributed by atoms with E-state index in [9.17, 15) is 29.4 Å². The van der Waals surface area contributed by atoms with Gasteiger partial charge in [0, 0.05) is 50.1 Å². The number of allylic oxidation sites excluding steroid dienone is 4. The zero-order valence-corrected chi connectivity index (χ0v) is 31.9. The van der Waals surface area contributed by atoms with E-state index in [1.807, 2.05) is 27.7 Å². The molecule has 0 saturated heterocycles. The van der Waals surface area contributed by atoms with Gasteiger partial charge in [-0.25, -0.2) is 9.97 Å². The van der Waals surface area contributed by atoms with Gasteiger partial charge in [-0.15, -0.1) is 0 Å². The van der Waals surface area contributed by atoms with Crippen LogP contribution >= 0.6 is 0 Å². The number of rotatable bonds is 13. The summed E-state index contributed by atoms with van der Waals surface area (Å²) >= 11 is 0. The quantitative estimate of drug-likeness (QED) is 0.0518. The summed E-state index contributed by atoms with van der Waals surface area (Å²) in [7, 11) is 1.68. The summed E-state index contributed by atoms with van der Waals surface area (Å²) in [4.78, 5) is 59.6. The standard InChI is InChI=1S/C28H30N10O5.C7H12N2O.C2H6/c1-4-38-19(9-14(2)35-38)26(43)34-28-33-18-11-16(25(30)42)13-21(40)23(18)37(28)8-6-5-7-36-22-17(32-27(36)31-3)10-15(24(29)41)12-20(22)39;1-3-9-7(5-10)4-6(2)8;1-2/h5-6,9-13,39-40H,4,7-8H2,1-3H3,(H2,29,41)(H2,30,42)(H,31,32)(H,33,34,43);4-5H,3,8H2,1-2H3;1-2H3/b6-5+;6-4-,9-7?;. The topological polar surface area (TPSA) is 277 Å². The summed E-state index contributed by atoms with van der Waals surface area (Å²) in [5, 5.41) is 31.5. The van der Waals surface area contributed by atoms with Gasteiger partial charge in [-0.2, -0.15) is 5.10 Å². The third-order valence-corrected chi connectivity index (χ3v) is 7.68. The van der Waals surface area contributed by atoms with Crippen molar-refractivity contribution in [3.8, 4) is 11.5 Å². The van der Waals surface area contributed by atoms with Crippen LogP contribution in [0.5, 0.6) is 11.5 Å². The Hall–Kier alpha value is -6.98. The van der Waals surface area contributed by atoms with E-state index in [0.29, 0.717) is 59.2 Å². The number of aliphatic imine (C=N–C) groups is 1. The minimum atomic E-state index is -0.737. The number of anilines is 2. The van der Waals surface area contributed by atoms with Gasteiger partial charge in [-0.3, -0.25) is 34.2 Å². The average Bonchev–Trinajstić information content (AvgIpc) is 3.83. The summed E-state index contributed by atoms with van der Waals surface area (Å²) in [5.41, 5.74) is 19.6. The number of aryl methyl sites for hydroxylation is 2. The van der Waals surface area contributed by atoms with Gasteiger partial charge >= 0.3 is 0 Å². The van der Waals surface area contributed by atoms with Crippen LogP contribution in [0.2, 0.25) is 0 Å². The Labute approximate surface area is 317 Å². The fraction of sp³-hybridized carbons (Fsp3) is 0.297. The molecule has 18 heteroatoms. The number of aldehydes is 1. The molecule has 10 N–H and O–H groups in total. The predicted octanol–water partition coefficient (Wildman–Crippen LogP) is 3.61. The minimum Gasteiger partial charge on any atom is -0.506 e. The normalized spacial score (nSPS) is 11.5. The van der Waals surface area contributed by atoms with Crippen molar-refractivity contribution in [3.05, 3.63) is 76.8 Å². The highest BCUT2D eigenvalue weighted by Crippen LogP contribution is 2.31. The number of benzene rings is 2. The van der Waals surface area contributed by atoms with Crippen LogP contribution < -0.4 is 27.8 Å². The van der Waals surface area contributed by atoms with Crippen molar-refractivity contribution in [2.75, 3.05) is 24.2 Å². The molecule has 3 amide bonds. The predicted molar refractivity (Wildman–Crippen MR) is 212 cm³/mol. The second-order valence-electron chi connectivity index (χ2n) is 11.6. The Balaban J connectivity index is 0.000000589. The van der Waals surface area contributed by atoms with Crippen LogP contribution in [-0.4, -0.2) is 82.4 Å². The summed E-state index contributed by atoms with van der Waals surface area (Å²) in [6.07, 6.45) is 5.82. The highest BCUT2D eigenvalue weighted by molar-refractivity contribution is 6.33. The van der Waals surface area contributed by atoms with Gasteiger partial charge < -0.3 is 41.9 Å². The minimum absolute atomic E-state index is 0.0636. The number of phenolic OH excluding ortho intramolecular Hbond substituents is 2. The van der Waals surface area contributed by atoms with Crippen molar-refractivity contribution in [1.82, 2.24) is 28.9 Å². The molecule has 3 aromatic heterocycles. The Kier molecular flexibility index (Phi) is 14.8. The number of hydrogen-bond donors (Lipinski definition) is 7. The Morgan fingerprint density at radius 1 is 0.855 bits per heavy atom. The van der Waals surface area contributed by atoms with Crippen molar-refractivity contribution in [1.29, 1.82) is 0 Å². The van der Waals surface area contributed by atoms with Gasteiger partial charge in [0.2, 0.25) is 23.7 Å². The van der Waals surface area contributed by atoms with Crippen molar-refractivity contribution < 1.29 is 29.4 Å². The molecule has 0 unspecified atom stereocenters. The number of nitrogens with one attached hydrogen (secondary N) is 2. The number of hydrogen-bond acceptors (Lipinski definition) is 12. The van der Waals surface area contributed by atoms with Crippen LogP contribution in [0, 0.1) is 6.92 Å². The molecule has 0 aliphatic rings. The van der Waals surface area contributed by atoms with Crippen molar-refractivity contribution in [3.63, 3.8) is 0 Å². The Morgan fingerprint density at radius 3 is 1.80 bits per heavy atom. The van der Waals surface area contributed by atoms with Crippen LogP contribution in [0.3, 0.4) is 0 Å². The smallest absolute Gasteiger partial charge is 0.276 e. The number of carbonyl (C=O) groups excluding carboxylic acids is 4. The number of fused-ring (bicyclic) bond motifs is 2. The van der Waals surface area contributed by atoms with E-state index >= 15 is 0 Å². The van der Waals surface area contributed by atoms with Gasteiger partial charge in [0.15, 0.2) is 6.29 Å². The summed E-state index contributed by atoms with van der Waals surface area (Å²) in [5.74, 6) is -1.70. The molecule has 0 radical (unpaired) electrons. The molecule has 3 heterocycles.